The van der Waals surface area contributed by atoms with Crippen molar-refractivity contribution in [3.05, 3.63) is 59.9 Å². The number of carbonyl (C=O) groups excluding carboxylic acids is 1. The Labute approximate surface area is 149 Å². The Hall–Kier alpha value is -2.40. The molecule has 132 valence electrons. The SMILES string of the molecule is CN[C@@H](C(=O)N1CCCN(c2ccnc(C)c2)CC1)c1ccccc1. The van der Waals surface area contributed by atoms with Gasteiger partial charge in [0.25, 0.3) is 0 Å². The van der Waals surface area contributed by atoms with Crippen LogP contribution in [-0.4, -0.2) is 49.0 Å². The summed E-state index contributed by atoms with van der Waals surface area (Å²) in [7, 11) is 1.85. The van der Waals surface area contributed by atoms with Gasteiger partial charge in [0.05, 0.1) is 0 Å². The van der Waals surface area contributed by atoms with E-state index in [0.29, 0.717) is 0 Å². The van der Waals surface area contributed by atoms with Gasteiger partial charge < -0.3 is 15.1 Å². The lowest BCUT2D eigenvalue weighted by molar-refractivity contribution is -0.133. The highest BCUT2D eigenvalue weighted by atomic mass is 16.2. The van der Waals surface area contributed by atoms with Gasteiger partial charge in [-0.1, -0.05) is 30.3 Å². The lowest BCUT2D eigenvalue weighted by Gasteiger charge is -2.27. The van der Waals surface area contributed by atoms with Crippen molar-refractivity contribution < 1.29 is 4.79 Å². The number of anilines is 1. The van der Waals surface area contributed by atoms with E-state index in [1.165, 1.54) is 5.69 Å². The molecule has 2 heterocycles. The fraction of sp³-hybridized carbons (Fsp3) is 0.400. The molecule has 1 amide bonds. The van der Waals surface area contributed by atoms with Crippen LogP contribution < -0.4 is 10.2 Å². The lowest BCUT2D eigenvalue weighted by atomic mass is 10.1. The number of pyridine rings is 1. The maximum absolute atomic E-state index is 13.0. The minimum atomic E-state index is -0.282. The fourth-order valence-electron chi connectivity index (χ4n) is 3.38. The van der Waals surface area contributed by atoms with Gasteiger partial charge in [-0.3, -0.25) is 9.78 Å². The molecule has 2 aromatic rings. The predicted molar refractivity (Wildman–Crippen MR) is 101 cm³/mol. The van der Waals surface area contributed by atoms with Gasteiger partial charge in [-0.25, -0.2) is 0 Å². The molecular weight excluding hydrogens is 312 g/mol. The summed E-state index contributed by atoms with van der Waals surface area (Å²) in [5.74, 6) is 0.154. The van der Waals surface area contributed by atoms with Crippen molar-refractivity contribution >= 4 is 11.6 Å². The molecule has 1 aliphatic rings. The third kappa shape index (κ3) is 4.17. The molecule has 0 saturated carbocycles. The summed E-state index contributed by atoms with van der Waals surface area (Å²) < 4.78 is 0. The maximum atomic E-state index is 13.0. The van der Waals surface area contributed by atoms with Gasteiger partial charge >= 0.3 is 0 Å². The number of nitrogens with one attached hydrogen (secondary N) is 1. The first-order chi connectivity index (χ1) is 12.2. The molecule has 1 aromatic heterocycles. The van der Waals surface area contributed by atoms with Crippen LogP contribution in [0.3, 0.4) is 0 Å². The molecular formula is C20H26N4O. The topological polar surface area (TPSA) is 48.5 Å². The average molecular weight is 338 g/mol. The van der Waals surface area contributed by atoms with E-state index in [1.807, 2.05) is 61.5 Å². The summed E-state index contributed by atoms with van der Waals surface area (Å²) in [5.41, 5.74) is 3.23. The van der Waals surface area contributed by atoms with E-state index in [-0.39, 0.29) is 11.9 Å². The van der Waals surface area contributed by atoms with Gasteiger partial charge in [0, 0.05) is 43.8 Å². The third-order valence-corrected chi connectivity index (χ3v) is 4.72. The minimum Gasteiger partial charge on any atom is -0.370 e. The van der Waals surface area contributed by atoms with Crippen molar-refractivity contribution in [2.45, 2.75) is 19.4 Å². The van der Waals surface area contributed by atoms with Crippen molar-refractivity contribution in [2.75, 3.05) is 38.1 Å². The number of hydrogen-bond donors (Lipinski definition) is 1. The highest BCUT2D eigenvalue weighted by molar-refractivity contribution is 5.83. The first-order valence-corrected chi connectivity index (χ1v) is 8.87. The second kappa shape index (κ2) is 8.12. The summed E-state index contributed by atoms with van der Waals surface area (Å²) in [6.07, 6.45) is 2.82. The van der Waals surface area contributed by atoms with Crippen LogP contribution in [-0.2, 0) is 4.79 Å². The highest BCUT2D eigenvalue weighted by Crippen LogP contribution is 2.20. The Morgan fingerprint density at radius 2 is 1.92 bits per heavy atom. The molecule has 5 nitrogen and oxygen atoms in total. The molecule has 1 aliphatic heterocycles. The number of aromatic nitrogens is 1. The quantitative estimate of drug-likeness (QED) is 0.930. The number of carbonyl (C=O) groups is 1. The number of hydrogen-bond acceptors (Lipinski definition) is 4. The molecule has 1 saturated heterocycles. The van der Waals surface area contributed by atoms with Crippen molar-refractivity contribution in [3.63, 3.8) is 0 Å². The molecule has 5 heteroatoms. The van der Waals surface area contributed by atoms with Crippen LogP contribution in [0.2, 0.25) is 0 Å². The predicted octanol–water partition coefficient (Wildman–Crippen LogP) is 2.39. The largest absolute Gasteiger partial charge is 0.370 e. The number of rotatable bonds is 4. The van der Waals surface area contributed by atoms with E-state index in [0.717, 1.165) is 43.9 Å². The van der Waals surface area contributed by atoms with Crippen molar-refractivity contribution in [1.82, 2.24) is 15.2 Å². The van der Waals surface area contributed by atoms with Gasteiger partial charge in [-0.2, -0.15) is 0 Å². The van der Waals surface area contributed by atoms with E-state index in [2.05, 4.69) is 21.3 Å². The third-order valence-electron chi connectivity index (χ3n) is 4.72. The van der Waals surface area contributed by atoms with Crippen LogP contribution in [0.25, 0.3) is 0 Å². The number of benzene rings is 1. The Kier molecular flexibility index (Phi) is 5.66. The molecule has 0 spiro atoms. The summed E-state index contributed by atoms with van der Waals surface area (Å²) >= 11 is 0. The molecule has 0 unspecified atom stereocenters. The number of aryl methyl sites for hydroxylation is 1. The first kappa shape index (κ1) is 17.4. The van der Waals surface area contributed by atoms with Crippen molar-refractivity contribution in [1.29, 1.82) is 0 Å². The Bertz CT molecular complexity index is 704. The summed E-state index contributed by atoms with van der Waals surface area (Å²) in [6, 6.07) is 13.8. The average Bonchev–Trinajstić information content (AvgIpc) is 2.89. The fourth-order valence-corrected chi connectivity index (χ4v) is 3.38. The lowest BCUT2D eigenvalue weighted by Crippen LogP contribution is -2.41. The van der Waals surface area contributed by atoms with Crippen LogP contribution in [0.5, 0.6) is 0 Å². The second-order valence-electron chi connectivity index (χ2n) is 6.45. The molecule has 1 aromatic carbocycles. The molecule has 0 bridgehead atoms. The standard InChI is InChI=1S/C20H26N4O/c1-16-15-18(9-10-22-16)23-11-6-12-24(14-13-23)20(25)19(21-2)17-7-4-3-5-8-17/h3-5,7-10,15,19,21H,6,11-14H2,1-2H3/t19-/m1/s1. The first-order valence-electron chi connectivity index (χ1n) is 8.87. The van der Waals surface area contributed by atoms with Gasteiger partial charge in [0.15, 0.2) is 0 Å². The van der Waals surface area contributed by atoms with Crippen LogP contribution >= 0.6 is 0 Å². The van der Waals surface area contributed by atoms with Crippen molar-refractivity contribution in [2.24, 2.45) is 0 Å². The molecule has 3 rings (SSSR count). The zero-order chi connectivity index (χ0) is 17.6. The van der Waals surface area contributed by atoms with E-state index in [1.54, 1.807) is 0 Å². The van der Waals surface area contributed by atoms with Crippen LogP contribution in [0.4, 0.5) is 5.69 Å². The van der Waals surface area contributed by atoms with Crippen molar-refractivity contribution in [3.8, 4) is 0 Å². The summed E-state index contributed by atoms with van der Waals surface area (Å²) in [4.78, 5) is 21.6. The van der Waals surface area contributed by atoms with Gasteiger partial charge in [0.1, 0.15) is 6.04 Å². The molecule has 1 fully saturated rings. The Morgan fingerprint density at radius 1 is 1.12 bits per heavy atom. The Morgan fingerprint density at radius 3 is 2.64 bits per heavy atom. The van der Waals surface area contributed by atoms with E-state index in [9.17, 15) is 4.79 Å². The molecule has 0 aliphatic carbocycles. The minimum absolute atomic E-state index is 0.154. The highest BCUT2D eigenvalue weighted by Gasteiger charge is 2.26. The van der Waals surface area contributed by atoms with E-state index in [4.69, 9.17) is 0 Å². The van der Waals surface area contributed by atoms with Gasteiger partial charge in [-0.15, -0.1) is 0 Å². The van der Waals surface area contributed by atoms with Gasteiger partial charge in [0.2, 0.25) is 5.91 Å². The number of amides is 1. The molecule has 25 heavy (non-hydrogen) atoms. The summed E-state index contributed by atoms with van der Waals surface area (Å²) in [6.45, 7) is 5.35. The molecule has 1 N–H and O–H groups in total. The maximum Gasteiger partial charge on any atom is 0.244 e. The van der Waals surface area contributed by atoms with E-state index >= 15 is 0 Å². The smallest absolute Gasteiger partial charge is 0.244 e. The van der Waals surface area contributed by atoms with Crippen LogP contribution in [0.15, 0.2) is 48.7 Å². The van der Waals surface area contributed by atoms with Gasteiger partial charge in [-0.05, 0) is 38.1 Å². The second-order valence-corrected chi connectivity index (χ2v) is 6.45. The van der Waals surface area contributed by atoms with E-state index < -0.39 is 0 Å². The van der Waals surface area contributed by atoms with Crippen LogP contribution in [0.1, 0.15) is 23.7 Å². The summed E-state index contributed by atoms with van der Waals surface area (Å²) in [5, 5.41) is 3.17. The number of nitrogens with zero attached hydrogens (tertiary/aromatic N) is 3. The zero-order valence-electron chi connectivity index (χ0n) is 15.0. The molecule has 1 atom stereocenters. The monoisotopic (exact) mass is 338 g/mol. The zero-order valence-corrected chi connectivity index (χ0v) is 15.0. The number of likely N-dealkylation sites (N-methyl/N-ethyl adjacent to an activating group) is 1. The van der Waals surface area contributed by atoms with Crippen LogP contribution in [0, 0.1) is 6.92 Å². The Balaban J connectivity index is 1.69. The normalized spacial score (nSPS) is 16.4. The molecule has 0 radical (unpaired) electrons.